The van der Waals surface area contributed by atoms with E-state index < -0.39 is 0 Å². The molecule has 0 atom stereocenters. The molecule has 12 nitrogen and oxygen atoms in total. The van der Waals surface area contributed by atoms with Crippen LogP contribution in [0.3, 0.4) is 0 Å². The zero-order chi connectivity index (χ0) is 44.8. The second-order valence-electron chi connectivity index (χ2n) is 15.1. The Kier molecular flexibility index (Phi) is 20.6. The number of aryl methyl sites for hydroxylation is 2. The van der Waals surface area contributed by atoms with Gasteiger partial charge in [0.25, 0.3) is 0 Å². The average molecular weight is 916 g/mol. The molecule has 64 heavy (non-hydrogen) atoms. The first-order valence-corrected chi connectivity index (χ1v) is 23.8. The molecule has 0 spiro atoms. The molecule has 3 aromatic carbocycles. The van der Waals surface area contributed by atoms with Gasteiger partial charge in [0.05, 0.1) is 89.6 Å². The van der Waals surface area contributed by atoms with Gasteiger partial charge in [-0.1, -0.05) is 24.3 Å². The fourth-order valence-corrected chi connectivity index (χ4v) is 8.89. The van der Waals surface area contributed by atoms with Crippen molar-refractivity contribution in [2.24, 2.45) is 0 Å². The summed E-state index contributed by atoms with van der Waals surface area (Å²) in [4.78, 5) is 8.97. The summed E-state index contributed by atoms with van der Waals surface area (Å²) in [5.74, 6) is 2.34. The first kappa shape index (κ1) is 48.8. The van der Waals surface area contributed by atoms with Crippen molar-refractivity contribution in [1.82, 2.24) is 0 Å². The molecule has 3 heterocycles. The van der Waals surface area contributed by atoms with Gasteiger partial charge in [-0.15, -0.1) is 22.7 Å². The highest BCUT2D eigenvalue weighted by molar-refractivity contribution is 7.22. The third-order valence-corrected chi connectivity index (χ3v) is 12.7. The molecule has 0 saturated carbocycles. The molecule has 1 aliphatic rings. The van der Waals surface area contributed by atoms with E-state index in [4.69, 9.17) is 37.9 Å². The topological polar surface area (TPSA) is 113 Å². The van der Waals surface area contributed by atoms with Gasteiger partial charge in [-0.05, 0) is 104 Å². The van der Waals surface area contributed by atoms with Crippen molar-refractivity contribution in [3.8, 4) is 27.0 Å². The Bertz CT molecular complexity index is 2160. The van der Waals surface area contributed by atoms with Crippen molar-refractivity contribution in [3.05, 3.63) is 105 Å². The summed E-state index contributed by atoms with van der Waals surface area (Å²) >= 11 is 3.34. The summed E-state index contributed by atoms with van der Waals surface area (Å²) < 4.78 is 48.6. The maximum atomic E-state index is 9.55. The largest absolute Gasteiger partial charge is 0.490 e. The van der Waals surface area contributed by atoms with Crippen LogP contribution in [0.5, 0.6) is 17.2 Å². The number of methoxy groups -OCH3 is 1. The molecular formula is C50H65N3O9S2. The average Bonchev–Trinajstić information content (AvgIpc) is 3.99. The van der Waals surface area contributed by atoms with Crippen LogP contribution in [0.15, 0.2) is 78.9 Å². The summed E-state index contributed by atoms with van der Waals surface area (Å²) in [5.41, 5.74) is 6.07. The second kappa shape index (κ2) is 27.0. The van der Waals surface area contributed by atoms with E-state index in [1.807, 2.05) is 13.0 Å². The van der Waals surface area contributed by atoms with E-state index in [-0.39, 0.29) is 6.61 Å². The molecule has 0 radical (unpaired) electrons. The highest BCUT2D eigenvalue weighted by atomic mass is 32.1. The molecule has 2 aromatic heterocycles. The maximum Gasteiger partial charge on any atom is 0.143 e. The Morgan fingerprint density at radius 2 is 1.42 bits per heavy atom. The lowest BCUT2D eigenvalue weighted by Crippen LogP contribution is -2.34. The SMILES string of the molecule is CCOCCOCCN1CCOCCOCCNc2ccc(C)cc2OCCN(c2ccc(C=Cc3ccc(-c4ccc(CO)s4)s3)cc2OCCOC)CCOc2cc(C)ccc21. The van der Waals surface area contributed by atoms with Crippen LogP contribution in [0.2, 0.25) is 0 Å². The molecule has 0 fully saturated rings. The van der Waals surface area contributed by atoms with E-state index in [1.165, 1.54) is 4.88 Å². The summed E-state index contributed by atoms with van der Waals surface area (Å²) in [7, 11) is 1.68. The van der Waals surface area contributed by atoms with Gasteiger partial charge in [0.1, 0.15) is 37.1 Å². The fourth-order valence-electron chi connectivity index (χ4n) is 7.02. The lowest BCUT2D eigenvalue weighted by Gasteiger charge is -2.29. The molecule has 1 aliphatic heterocycles. The molecule has 0 aliphatic carbocycles. The van der Waals surface area contributed by atoms with E-state index >= 15 is 0 Å². The third-order valence-electron chi connectivity index (χ3n) is 10.3. The minimum absolute atomic E-state index is 0.0571. The third kappa shape index (κ3) is 15.5. The molecular weight excluding hydrogens is 851 g/mol. The Balaban J connectivity index is 1.26. The first-order valence-electron chi connectivity index (χ1n) is 22.2. The fraction of sp³-hybridized carbons (Fsp3) is 0.440. The van der Waals surface area contributed by atoms with Gasteiger partial charge in [0.2, 0.25) is 0 Å². The summed E-state index contributed by atoms with van der Waals surface area (Å²) in [5, 5.41) is 13.1. The van der Waals surface area contributed by atoms with Crippen LogP contribution >= 0.6 is 22.7 Å². The standard InChI is InChI=1S/C50H65N3O9S2/c1-5-56-29-30-58-24-19-52-20-25-59-32-31-57-23-18-51-43-13-6-38(2)34-46(43)60-26-21-53(22-27-61-47-35-39(3)7-14-44(47)52)45-15-9-40(36-48(45)62-33-28-55-4)8-10-41-11-16-49(63-41)50-17-12-42(37-54)64-50/h6-17,34-36,51,54H,5,18-33,37H2,1-4H3. The van der Waals surface area contributed by atoms with Crippen LogP contribution in [-0.4, -0.2) is 124 Å². The van der Waals surface area contributed by atoms with Crippen molar-refractivity contribution in [2.75, 3.05) is 134 Å². The number of nitrogens with one attached hydrogen (secondary N) is 1. The van der Waals surface area contributed by atoms with Crippen LogP contribution in [-0.2, 0) is 30.3 Å². The quantitative estimate of drug-likeness (QED) is 0.0922. The molecule has 2 N–H and O–H groups in total. The van der Waals surface area contributed by atoms with E-state index in [9.17, 15) is 5.11 Å². The van der Waals surface area contributed by atoms with Gasteiger partial charge in [-0.3, -0.25) is 0 Å². The maximum absolute atomic E-state index is 9.55. The van der Waals surface area contributed by atoms with E-state index in [2.05, 4.69) is 114 Å². The molecule has 0 saturated heterocycles. The summed E-state index contributed by atoms with van der Waals surface area (Å²) in [6, 6.07) is 27.2. The smallest absolute Gasteiger partial charge is 0.143 e. The van der Waals surface area contributed by atoms with Crippen LogP contribution in [0.4, 0.5) is 17.1 Å². The second-order valence-corrected chi connectivity index (χ2v) is 17.4. The highest BCUT2D eigenvalue weighted by Gasteiger charge is 2.18. The molecule has 0 amide bonds. The van der Waals surface area contributed by atoms with Gasteiger partial charge in [0, 0.05) is 52.9 Å². The summed E-state index contributed by atoms with van der Waals surface area (Å²) in [6.45, 7) is 15.3. The van der Waals surface area contributed by atoms with Crippen molar-refractivity contribution in [3.63, 3.8) is 0 Å². The highest BCUT2D eigenvalue weighted by Crippen LogP contribution is 2.36. The Morgan fingerprint density at radius 1 is 0.688 bits per heavy atom. The van der Waals surface area contributed by atoms with E-state index in [0.29, 0.717) is 112 Å². The normalized spacial score (nSPS) is 14.8. The summed E-state index contributed by atoms with van der Waals surface area (Å²) in [6.07, 6.45) is 4.25. The van der Waals surface area contributed by atoms with E-state index in [1.54, 1.807) is 29.8 Å². The molecule has 346 valence electrons. The van der Waals surface area contributed by atoms with Crippen molar-refractivity contribution in [2.45, 2.75) is 27.4 Å². The van der Waals surface area contributed by atoms with Crippen LogP contribution in [0.1, 0.15) is 33.4 Å². The van der Waals surface area contributed by atoms with Crippen molar-refractivity contribution in [1.29, 1.82) is 0 Å². The van der Waals surface area contributed by atoms with Crippen LogP contribution in [0, 0.1) is 13.8 Å². The van der Waals surface area contributed by atoms with Crippen LogP contribution < -0.4 is 29.3 Å². The number of hydrogen-bond acceptors (Lipinski definition) is 14. The Morgan fingerprint density at radius 3 is 2.22 bits per heavy atom. The number of hydrogen-bond donors (Lipinski definition) is 2. The molecule has 0 unspecified atom stereocenters. The lowest BCUT2D eigenvalue weighted by molar-refractivity contribution is 0.0498. The van der Waals surface area contributed by atoms with Gasteiger partial charge in [0.15, 0.2) is 0 Å². The van der Waals surface area contributed by atoms with Crippen molar-refractivity contribution >= 4 is 51.9 Å². The monoisotopic (exact) mass is 915 g/mol. The predicted octanol–water partition coefficient (Wildman–Crippen LogP) is 9.06. The number of thiophene rings is 2. The molecule has 14 heteroatoms. The Labute approximate surface area is 387 Å². The number of aliphatic hydroxyl groups excluding tert-OH is 1. The number of ether oxygens (including phenoxy) is 8. The zero-order valence-corrected chi connectivity index (χ0v) is 39.4. The van der Waals surface area contributed by atoms with Gasteiger partial charge in [-0.2, -0.15) is 0 Å². The van der Waals surface area contributed by atoms with Crippen LogP contribution in [0.25, 0.3) is 21.9 Å². The molecule has 5 aromatic rings. The molecule has 0 bridgehead atoms. The number of nitrogens with zero attached hydrogens (tertiary/aromatic N) is 2. The van der Waals surface area contributed by atoms with Gasteiger partial charge >= 0.3 is 0 Å². The zero-order valence-electron chi connectivity index (χ0n) is 37.8. The number of anilines is 3. The number of aliphatic hydroxyl groups is 1. The van der Waals surface area contributed by atoms with E-state index in [0.717, 1.165) is 65.6 Å². The predicted molar refractivity (Wildman–Crippen MR) is 262 cm³/mol. The molecule has 6 rings (SSSR count). The van der Waals surface area contributed by atoms with Crippen molar-refractivity contribution < 1.29 is 43.0 Å². The lowest BCUT2D eigenvalue weighted by atomic mass is 10.1. The minimum Gasteiger partial charge on any atom is -0.490 e. The van der Waals surface area contributed by atoms with Gasteiger partial charge < -0.3 is 58.1 Å². The first-order chi connectivity index (χ1) is 31.4. The Hall–Kier alpha value is -4.64. The minimum atomic E-state index is 0.0571. The van der Waals surface area contributed by atoms with Gasteiger partial charge in [-0.25, -0.2) is 0 Å². The number of rotatable bonds is 16. The number of benzene rings is 3. The number of fused-ring (bicyclic) bond motifs is 2.